The Hall–Kier alpha value is -2.74. The van der Waals surface area contributed by atoms with E-state index in [4.69, 9.17) is 32.5 Å². The van der Waals surface area contributed by atoms with Gasteiger partial charge in [0.05, 0.1) is 18.8 Å². The van der Waals surface area contributed by atoms with Gasteiger partial charge in [-0.05, 0) is 67.3 Å². The van der Waals surface area contributed by atoms with Crippen LogP contribution in [0.2, 0.25) is 10.0 Å². The Labute approximate surface area is 173 Å². The fraction of sp³-hybridized carbons (Fsp3) is 0.182. The third-order valence-electron chi connectivity index (χ3n) is 4.66. The van der Waals surface area contributed by atoms with Crippen molar-refractivity contribution in [2.45, 2.75) is 20.8 Å². The van der Waals surface area contributed by atoms with Crippen LogP contribution in [0.1, 0.15) is 28.0 Å². The third kappa shape index (κ3) is 3.64. The Morgan fingerprint density at radius 3 is 2.21 bits per heavy atom. The lowest BCUT2D eigenvalue weighted by Crippen LogP contribution is -1.94. The van der Waals surface area contributed by atoms with Crippen molar-refractivity contribution in [1.82, 2.24) is 5.16 Å². The first kappa shape index (κ1) is 20.0. The van der Waals surface area contributed by atoms with Crippen molar-refractivity contribution in [3.63, 3.8) is 0 Å². The number of allylic oxidation sites excluding steroid dienone is 1. The summed E-state index contributed by atoms with van der Waals surface area (Å²) in [5.41, 5.74) is 5.30. The maximum Gasteiger partial charge on any atom is 0.161 e. The van der Waals surface area contributed by atoms with Gasteiger partial charge in [-0.15, -0.1) is 0 Å². The molecule has 0 aliphatic rings. The van der Waals surface area contributed by atoms with Crippen LogP contribution in [-0.2, 0) is 0 Å². The molecule has 3 rings (SSSR count). The highest BCUT2D eigenvalue weighted by atomic mass is 35.5. The molecule has 0 unspecified atom stereocenters. The van der Waals surface area contributed by atoms with E-state index in [0.29, 0.717) is 27.1 Å². The van der Waals surface area contributed by atoms with Crippen molar-refractivity contribution in [3.05, 3.63) is 68.4 Å². The topological polar surface area (TPSA) is 59.0 Å². The van der Waals surface area contributed by atoms with Crippen molar-refractivity contribution in [2.75, 3.05) is 7.11 Å². The molecule has 0 N–H and O–H groups in total. The summed E-state index contributed by atoms with van der Waals surface area (Å²) in [5.74, 6) is 1.19. The van der Waals surface area contributed by atoms with Gasteiger partial charge in [0.15, 0.2) is 5.76 Å². The van der Waals surface area contributed by atoms with E-state index in [2.05, 4.69) is 11.2 Å². The van der Waals surface area contributed by atoms with Gasteiger partial charge in [0.25, 0.3) is 0 Å². The lowest BCUT2D eigenvalue weighted by Gasteiger charge is -2.14. The van der Waals surface area contributed by atoms with E-state index in [1.807, 2.05) is 32.9 Å². The molecule has 0 saturated carbocycles. The predicted octanol–water partition coefficient (Wildman–Crippen LogP) is 6.65. The predicted molar refractivity (Wildman–Crippen MR) is 113 cm³/mol. The summed E-state index contributed by atoms with van der Waals surface area (Å²) >= 11 is 12.8. The van der Waals surface area contributed by atoms with Gasteiger partial charge >= 0.3 is 0 Å². The molecular weight excluding hydrogens is 395 g/mol. The molecule has 0 saturated heterocycles. The van der Waals surface area contributed by atoms with Crippen molar-refractivity contribution >= 4 is 34.9 Å². The first-order chi connectivity index (χ1) is 13.4. The average Bonchev–Trinajstić information content (AvgIpc) is 3.17. The summed E-state index contributed by atoms with van der Waals surface area (Å²) in [6, 6.07) is 11.2. The van der Waals surface area contributed by atoms with Gasteiger partial charge in [0.2, 0.25) is 0 Å². The zero-order valence-corrected chi connectivity index (χ0v) is 17.4. The molecule has 0 aliphatic carbocycles. The smallest absolute Gasteiger partial charge is 0.161 e. The summed E-state index contributed by atoms with van der Waals surface area (Å²) in [4.78, 5) is 0. The van der Waals surface area contributed by atoms with Crippen LogP contribution in [0.25, 0.3) is 22.9 Å². The van der Waals surface area contributed by atoms with E-state index >= 15 is 0 Å². The molecule has 0 aliphatic heterocycles. The lowest BCUT2D eigenvalue weighted by atomic mass is 9.96. The van der Waals surface area contributed by atoms with Gasteiger partial charge < -0.3 is 9.26 Å². The lowest BCUT2D eigenvalue weighted by molar-refractivity contribution is 0.414. The number of ether oxygens (including phenoxy) is 1. The molecule has 1 heterocycles. The molecule has 142 valence electrons. The van der Waals surface area contributed by atoms with Crippen LogP contribution in [0.5, 0.6) is 5.75 Å². The number of methoxy groups -OCH3 is 1. The van der Waals surface area contributed by atoms with Gasteiger partial charge in [0, 0.05) is 27.8 Å². The Morgan fingerprint density at radius 2 is 1.68 bits per heavy atom. The maximum atomic E-state index is 9.54. The first-order valence-corrected chi connectivity index (χ1v) is 9.31. The number of nitriles is 1. The van der Waals surface area contributed by atoms with E-state index in [0.717, 1.165) is 33.6 Å². The fourth-order valence-corrected chi connectivity index (χ4v) is 3.54. The second-order valence-corrected chi connectivity index (χ2v) is 7.15. The average molecular weight is 413 g/mol. The van der Waals surface area contributed by atoms with Crippen molar-refractivity contribution in [1.29, 1.82) is 5.26 Å². The fourth-order valence-electron chi connectivity index (χ4n) is 3.11. The minimum absolute atomic E-state index is 0.457. The number of hydrogen-bond acceptors (Lipinski definition) is 4. The highest BCUT2D eigenvalue weighted by Crippen LogP contribution is 2.39. The summed E-state index contributed by atoms with van der Waals surface area (Å²) in [6.45, 7) is 5.74. The number of aromatic nitrogens is 1. The van der Waals surface area contributed by atoms with Crippen LogP contribution in [0.15, 0.2) is 34.9 Å². The van der Waals surface area contributed by atoms with Crippen LogP contribution < -0.4 is 4.74 Å². The Balaban J connectivity index is 2.03. The van der Waals surface area contributed by atoms with Crippen LogP contribution in [-0.4, -0.2) is 12.3 Å². The maximum absolute atomic E-state index is 9.54. The standard InChI is InChI=1S/C22H18Cl2N2O2/c1-12-20(13(2)22(24)14(3)21(12)23)19-10-18(28-26-19)9-16(11-25)15-5-7-17(27-4)8-6-15/h5-10H,1-4H3/b16-9-. The quantitative estimate of drug-likeness (QED) is 0.450. The zero-order chi connectivity index (χ0) is 20.4. The van der Waals surface area contributed by atoms with Crippen LogP contribution in [0.4, 0.5) is 0 Å². The Kier molecular flexibility index (Phi) is 5.79. The minimum atomic E-state index is 0.457. The molecule has 0 radical (unpaired) electrons. The first-order valence-electron chi connectivity index (χ1n) is 8.55. The number of nitrogens with zero attached hydrogens (tertiary/aromatic N) is 2. The minimum Gasteiger partial charge on any atom is -0.497 e. The second kappa shape index (κ2) is 8.10. The number of halogens is 2. The van der Waals surface area contributed by atoms with Crippen LogP contribution in [0, 0.1) is 32.1 Å². The Bertz CT molecular complexity index is 1080. The van der Waals surface area contributed by atoms with Gasteiger partial charge in [-0.3, -0.25) is 0 Å². The van der Waals surface area contributed by atoms with E-state index in [9.17, 15) is 5.26 Å². The van der Waals surface area contributed by atoms with E-state index in [-0.39, 0.29) is 0 Å². The molecule has 0 atom stereocenters. The molecule has 6 heteroatoms. The van der Waals surface area contributed by atoms with Gasteiger partial charge in [-0.25, -0.2) is 0 Å². The highest BCUT2D eigenvalue weighted by molar-refractivity contribution is 6.37. The second-order valence-electron chi connectivity index (χ2n) is 6.39. The van der Waals surface area contributed by atoms with E-state index in [1.54, 1.807) is 31.4 Å². The number of hydrogen-bond donors (Lipinski definition) is 0. The molecule has 0 fully saturated rings. The Morgan fingerprint density at radius 1 is 1.07 bits per heavy atom. The summed E-state index contributed by atoms with van der Waals surface area (Å²) < 4.78 is 10.6. The molecule has 1 aromatic heterocycles. The molecule has 3 aromatic rings. The highest BCUT2D eigenvalue weighted by Gasteiger charge is 2.19. The number of rotatable bonds is 4. The van der Waals surface area contributed by atoms with Crippen molar-refractivity contribution in [2.24, 2.45) is 0 Å². The summed E-state index contributed by atoms with van der Waals surface area (Å²) in [6.07, 6.45) is 1.65. The normalized spacial score (nSPS) is 11.4. The molecule has 0 bridgehead atoms. The van der Waals surface area contributed by atoms with Crippen LogP contribution >= 0.6 is 23.2 Å². The van der Waals surface area contributed by atoms with Gasteiger partial charge in [0.1, 0.15) is 11.4 Å². The van der Waals surface area contributed by atoms with Crippen molar-refractivity contribution < 1.29 is 9.26 Å². The van der Waals surface area contributed by atoms with Gasteiger partial charge in [-0.1, -0.05) is 28.4 Å². The monoisotopic (exact) mass is 412 g/mol. The molecule has 0 amide bonds. The zero-order valence-electron chi connectivity index (χ0n) is 15.9. The molecular formula is C22H18Cl2N2O2. The van der Waals surface area contributed by atoms with Crippen LogP contribution in [0.3, 0.4) is 0 Å². The van der Waals surface area contributed by atoms with Gasteiger partial charge in [-0.2, -0.15) is 5.26 Å². The summed E-state index contributed by atoms with van der Waals surface area (Å²) in [7, 11) is 1.60. The molecule has 28 heavy (non-hydrogen) atoms. The van der Waals surface area contributed by atoms with E-state index < -0.39 is 0 Å². The van der Waals surface area contributed by atoms with E-state index in [1.165, 1.54) is 0 Å². The SMILES string of the molecule is COc1ccc(/C(C#N)=C\c2cc(-c3c(C)c(Cl)c(C)c(Cl)c3C)no2)cc1. The molecule has 2 aromatic carbocycles. The number of benzene rings is 2. The van der Waals surface area contributed by atoms with Crippen molar-refractivity contribution in [3.8, 4) is 23.1 Å². The molecule has 4 nitrogen and oxygen atoms in total. The summed E-state index contributed by atoms with van der Waals surface area (Å²) in [5, 5.41) is 14.9. The molecule has 0 spiro atoms. The largest absolute Gasteiger partial charge is 0.497 e. The third-order valence-corrected chi connectivity index (χ3v) is 5.79.